The number of rotatable bonds is 17. The highest BCUT2D eigenvalue weighted by Crippen LogP contribution is 2.10. The molecule has 0 N–H and O–H groups in total. The molecule has 0 radical (unpaired) electrons. The molecule has 1 nitrogen and oxygen atoms in total. The van der Waals surface area contributed by atoms with E-state index in [1.165, 1.54) is 96.3 Å². The minimum Gasteiger partial charge on any atom is -0.381 e. The molecule has 20 heavy (non-hydrogen) atoms. The van der Waals surface area contributed by atoms with Crippen molar-refractivity contribution < 1.29 is 4.74 Å². The van der Waals surface area contributed by atoms with Gasteiger partial charge >= 0.3 is 0 Å². The highest BCUT2D eigenvalue weighted by atomic mass is 16.5. The first-order chi connectivity index (χ1) is 9.91. The molecular weight excluding hydrogens is 244 g/mol. The molecule has 0 aliphatic heterocycles. The molecule has 0 saturated heterocycles. The summed E-state index contributed by atoms with van der Waals surface area (Å²) in [4.78, 5) is 0. The largest absolute Gasteiger partial charge is 0.381 e. The van der Waals surface area contributed by atoms with E-state index in [1.807, 2.05) is 0 Å². The van der Waals surface area contributed by atoms with Crippen LogP contribution >= 0.6 is 0 Å². The Bertz CT molecular complexity index is 138. The standard InChI is InChI=1S/C19H40O/c1-3-5-7-9-11-12-13-15-17-19-20-18-16-14-10-8-6-4-2/h3-19H2,1-2H3. The Kier molecular flexibility index (Phi) is 18.9. The lowest BCUT2D eigenvalue weighted by molar-refractivity contribution is 0.125. The molecule has 0 aliphatic carbocycles. The third-order valence-corrected chi connectivity index (χ3v) is 4.03. The van der Waals surface area contributed by atoms with Crippen LogP contribution in [-0.4, -0.2) is 13.2 Å². The van der Waals surface area contributed by atoms with Gasteiger partial charge in [0.05, 0.1) is 0 Å². The molecule has 1 heteroatoms. The third-order valence-electron chi connectivity index (χ3n) is 4.03. The molecule has 0 rings (SSSR count). The third kappa shape index (κ3) is 18.0. The summed E-state index contributed by atoms with van der Waals surface area (Å²) in [5.74, 6) is 0. The lowest BCUT2D eigenvalue weighted by Gasteiger charge is -2.05. The molecule has 0 atom stereocenters. The molecule has 122 valence electrons. The molecule has 0 heterocycles. The Morgan fingerprint density at radius 1 is 0.400 bits per heavy atom. The van der Waals surface area contributed by atoms with E-state index in [9.17, 15) is 0 Å². The summed E-state index contributed by atoms with van der Waals surface area (Å²) >= 11 is 0. The van der Waals surface area contributed by atoms with Crippen LogP contribution in [-0.2, 0) is 4.74 Å². The zero-order valence-electron chi connectivity index (χ0n) is 14.4. The first-order valence-corrected chi connectivity index (χ1v) is 9.49. The van der Waals surface area contributed by atoms with Gasteiger partial charge in [-0.2, -0.15) is 0 Å². The quantitative estimate of drug-likeness (QED) is 0.264. The predicted octanol–water partition coefficient (Wildman–Crippen LogP) is 6.89. The van der Waals surface area contributed by atoms with E-state index in [-0.39, 0.29) is 0 Å². The zero-order chi connectivity index (χ0) is 14.7. The van der Waals surface area contributed by atoms with Gasteiger partial charge in [-0.15, -0.1) is 0 Å². The highest BCUT2D eigenvalue weighted by Gasteiger charge is 1.94. The average Bonchev–Trinajstić information content (AvgIpc) is 2.47. The summed E-state index contributed by atoms with van der Waals surface area (Å²) in [5.41, 5.74) is 0. The van der Waals surface area contributed by atoms with Crippen LogP contribution in [0, 0.1) is 0 Å². The second-order valence-electron chi connectivity index (χ2n) is 6.21. The van der Waals surface area contributed by atoms with Crippen molar-refractivity contribution in [3.05, 3.63) is 0 Å². The Hall–Kier alpha value is -0.0400. The number of hydrogen-bond donors (Lipinski definition) is 0. The van der Waals surface area contributed by atoms with Gasteiger partial charge in [0, 0.05) is 13.2 Å². The molecule has 0 aliphatic rings. The van der Waals surface area contributed by atoms with Crippen LogP contribution in [0.5, 0.6) is 0 Å². The molecule has 0 spiro atoms. The molecule has 0 unspecified atom stereocenters. The zero-order valence-corrected chi connectivity index (χ0v) is 14.4. The second-order valence-corrected chi connectivity index (χ2v) is 6.21. The maximum Gasteiger partial charge on any atom is 0.0466 e. The Morgan fingerprint density at radius 3 is 1.05 bits per heavy atom. The van der Waals surface area contributed by atoms with Crippen molar-refractivity contribution in [2.45, 2.75) is 110 Å². The van der Waals surface area contributed by atoms with Gasteiger partial charge in [-0.25, -0.2) is 0 Å². The van der Waals surface area contributed by atoms with Gasteiger partial charge in [-0.1, -0.05) is 97.3 Å². The minimum absolute atomic E-state index is 0.989. The molecular formula is C19H40O. The van der Waals surface area contributed by atoms with Crippen molar-refractivity contribution >= 4 is 0 Å². The molecule has 0 fully saturated rings. The van der Waals surface area contributed by atoms with E-state index in [0.29, 0.717) is 0 Å². The van der Waals surface area contributed by atoms with Gasteiger partial charge in [-0.3, -0.25) is 0 Å². The van der Waals surface area contributed by atoms with Gasteiger partial charge in [0.15, 0.2) is 0 Å². The molecule has 0 aromatic carbocycles. The predicted molar refractivity (Wildman–Crippen MR) is 91.4 cm³/mol. The van der Waals surface area contributed by atoms with Crippen LogP contribution in [0.15, 0.2) is 0 Å². The SMILES string of the molecule is CCCCCCCCCCCOCCCCCCCC. The summed E-state index contributed by atoms with van der Waals surface area (Å²) in [6.45, 7) is 6.54. The van der Waals surface area contributed by atoms with E-state index in [0.717, 1.165) is 13.2 Å². The lowest BCUT2D eigenvalue weighted by atomic mass is 10.1. The van der Waals surface area contributed by atoms with Gasteiger partial charge < -0.3 is 4.74 Å². The fourth-order valence-electron chi connectivity index (χ4n) is 2.60. The van der Waals surface area contributed by atoms with Gasteiger partial charge in [-0.05, 0) is 12.8 Å². The van der Waals surface area contributed by atoms with E-state index in [4.69, 9.17) is 4.74 Å². The average molecular weight is 285 g/mol. The van der Waals surface area contributed by atoms with E-state index in [1.54, 1.807) is 0 Å². The smallest absolute Gasteiger partial charge is 0.0466 e. The normalized spacial score (nSPS) is 11.1. The highest BCUT2D eigenvalue weighted by molar-refractivity contribution is 4.47. The summed E-state index contributed by atoms with van der Waals surface area (Å²) in [5, 5.41) is 0. The maximum absolute atomic E-state index is 5.70. The van der Waals surface area contributed by atoms with Crippen LogP contribution in [0.2, 0.25) is 0 Å². The maximum atomic E-state index is 5.70. The van der Waals surface area contributed by atoms with Crippen molar-refractivity contribution in [1.29, 1.82) is 0 Å². The molecule has 0 aromatic rings. The summed E-state index contributed by atoms with van der Waals surface area (Å²) in [6, 6.07) is 0. The Balaban J connectivity index is 2.89. The summed E-state index contributed by atoms with van der Waals surface area (Å²) in [7, 11) is 0. The molecule has 0 bridgehead atoms. The van der Waals surface area contributed by atoms with E-state index < -0.39 is 0 Å². The van der Waals surface area contributed by atoms with Crippen molar-refractivity contribution in [2.75, 3.05) is 13.2 Å². The lowest BCUT2D eigenvalue weighted by Crippen LogP contribution is -1.97. The fourth-order valence-corrected chi connectivity index (χ4v) is 2.60. The number of unbranched alkanes of at least 4 members (excludes halogenated alkanes) is 13. The first kappa shape index (κ1) is 20.0. The summed E-state index contributed by atoms with van der Waals surface area (Å²) in [6.07, 6.45) is 20.8. The monoisotopic (exact) mass is 284 g/mol. The second kappa shape index (κ2) is 19.0. The number of hydrogen-bond acceptors (Lipinski definition) is 1. The van der Waals surface area contributed by atoms with Crippen molar-refractivity contribution in [3.63, 3.8) is 0 Å². The van der Waals surface area contributed by atoms with Crippen LogP contribution in [0.1, 0.15) is 110 Å². The molecule has 0 amide bonds. The first-order valence-electron chi connectivity index (χ1n) is 9.49. The molecule has 0 saturated carbocycles. The van der Waals surface area contributed by atoms with E-state index >= 15 is 0 Å². The van der Waals surface area contributed by atoms with Gasteiger partial charge in [0.1, 0.15) is 0 Å². The van der Waals surface area contributed by atoms with Crippen LogP contribution in [0.25, 0.3) is 0 Å². The fraction of sp³-hybridized carbons (Fsp3) is 1.00. The van der Waals surface area contributed by atoms with Crippen molar-refractivity contribution in [3.8, 4) is 0 Å². The topological polar surface area (TPSA) is 9.23 Å². The molecule has 0 aromatic heterocycles. The van der Waals surface area contributed by atoms with Crippen LogP contribution < -0.4 is 0 Å². The van der Waals surface area contributed by atoms with Crippen molar-refractivity contribution in [1.82, 2.24) is 0 Å². The summed E-state index contributed by atoms with van der Waals surface area (Å²) < 4.78 is 5.70. The van der Waals surface area contributed by atoms with Gasteiger partial charge in [0.2, 0.25) is 0 Å². The Labute approximate surface area is 128 Å². The van der Waals surface area contributed by atoms with Crippen LogP contribution in [0.4, 0.5) is 0 Å². The van der Waals surface area contributed by atoms with E-state index in [2.05, 4.69) is 13.8 Å². The number of ether oxygens (including phenoxy) is 1. The van der Waals surface area contributed by atoms with Gasteiger partial charge in [0.25, 0.3) is 0 Å². The Morgan fingerprint density at radius 2 is 0.700 bits per heavy atom. The van der Waals surface area contributed by atoms with Crippen molar-refractivity contribution in [2.24, 2.45) is 0 Å². The van der Waals surface area contributed by atoms with Crippen LogP contribution in [0.3, 0.4) is 0 Å². The minimum atomic E-state index is 0.989.